The lowest BCUT2D eigenvalue weighted by Gasteiger charge is -2.37. The van der Waals surface area contributed by atoms with E-state index in [0.717, 1.165) is 30.7 Å². The fourth-order valence-electron chi connectivity index (χ4n) is 3.39. The maximum Gasteiger partial charge on any atom is 0.410 e. The van der Waals surface area contributed by atoms with Crippen molar-refractivity contribution in [1.82, 2.24) is 4.90 Å². The number of carboxylic acids is 1. The Balaban J connectivity index is 1.86. The summed E-state index contributed by atoms with van der Waals surface area (Å²) in [7, 11) is 0. The van der Waals surface area contributed by atoms with Gasteiger partial charge in [-0.1, -0.05) is 0 Å². The van der Waals surface area contributed by atoms with Crippen molar-refractivity contribution in [3.8, 4) is 0 Å². The van der Waals surface area contributed by atoms with E-state index < -0.39 is 11.6 Å². The summed E-state index contributed by atoms with van der Waals surface area (Å²) in [4.78, 5) is 26.0. The van der Waals surface area contributed by atoms with Gasteiger partial charge < -0.3 is 24.4 Å². The van der Waals surface area contributed by atoms with E-state index in [4.69, 9.17) is 4.74 Å². The first-order valence-electron chi connectivity index (χ1n) is 7.82. The lowest BCUT2D eigenvalue weighted by Crippen LogP contribution is -3.19. The van der Waals surface area contributed by atoms with E-state index in [1.807, 2.05) is 20.8 Å². The Kier molecular flexibility index (Phi) is 4.76. The molecule has 1 amide bonds. The molecule has 0 spiro atoms. The predicted molar refractivity (Wildman–Crippen MR) is 74.7 cm³/mol. The Hall–Kier alpha value is -1.30. The molecule has 0 bridgehead atoms. The van der Waals surface area contributed by atoms with Crippen LogP contribution in [0.5, 0.6) is 0 Å². The van der Waals surface area contributed by atoms with Gasteiger partial charge in [-0.05, 0) is 20.8 Å². The molecule has 6 heteroatoms. The molecule has 2 aliphatic heterocycles. The molecule has 0 aliphatic carbocycles. The number of likely N-dealkylation sites (tertiary alicyclic amines) is 2. The van der Waals surface area contributed by atoms with Gasteiger partial charge >= 0.3 is 6.09 Å². The van der Waals surface area contributed by atoms with E-state index in [1.54, 1.807) is 4.90 Å². The van der Waals surface area contributed by atoms with Gasteiger partial charge in [0.05, 0.1) is 18.6 Å². The number of hydrogen-bond acceptors (Lipinski definition) is 4. The molecule has 2 aliphatic rings. The van der Waals surface area contributed by atoms with Gasteiger partial charge in [-0.3, -0.25) is 0 Å². The first-order valence-corrected chi connectivity index (χ1v) is 7.82. The quantitative estimate of drug-likeness (QED) is 0.723. The highest BCUT2D eigenvalue weighted by atomic mass is 16.6. The molecular weight excluding hydrogens is 272 g/mol. The molecule has 2 rings (SSSR count). The summed E-state index contributed by atoms with van der Waals surface area (Å²) in [6.45, 7) is 7.75. The fraction of sp³-hybridized carbons (Fsp3) is 0.867. The second kappa shape index (κ2) is 6.22. The van der Waals surface area contributed by atoms with Crippen molar-refractivity contribution < 1.29 is 24.3 Å². The Bertz CT molecular complexity index is 397. The second-order valence-electron chi connectivity index (χ2n) is 7.08. The van der Waals surface area contributed by atoms with Crippen molar-refractivity contribution >= 4 is 12.1 Å². The van der Waals surface area contributed by atoms with E-state index in [9.17, 15) is 14.7 Å². The molecule has 2 fully saturated rings. The van der Waals surface area contributed by atoms with Gasteiger partial charge in [-0.25, -0.2) is 4.79 Å². The molecule has 0 aromatic rings. The molecule has 0 radical (unpaired) electrons. The molecule has 0 aromatic carbocycles. The summed E-state index contributed by atoms with van der Waals surface area (Å²) >= 11 is 0. The molecule has 2 saturated heterocycles. The van der Waals surface area contributed by atoms with Crippen LogP contribution in [0.1, 0.15) is 46.5 Å². The first kappa shape index (κ1) is 16.1. The minimum absolute atomic E-state index is 0.270. The minimum Gasteiger partial charge on any atom is -0.544 e. The highest BCUT2D eigenvalue weighted by molar-refractivity contribution is 5.69. The van der Waals surface area contributed by atoms with Crippen molar-refractivity contribution in [2.45, 2.75) is 64.1 Å². The van der Waals surface area contributed by atoms with Crippen molar-refractivity contribution in [2.24, 2.45) is 0 Å². The second-order valence-corrected chi connectivity index (χ2v) is 7.08. The van der Waals surface area contributed by atoms with E-state index >= 15 is 0 Å². The predicted octanol–water partition coefficient (Wildman–Crippen LogP) is -0.817. The zero-order valence-corrected chi connectivity index (χ0v) is 13.2. The van der Waals surface area contributed by atoms with Gasteiger partial charge in [0, 0.05) is 38.8 Å². The number of piperidine rings is 1. The fourth-order valence-corrected chi connectivity index (χ4v) is 3.39. The van der Waals surface area contributed by atoms with Crippen LogP contribution in [0.15, 0.2) is 0 Å². The summed E-state index contributed by atoms with van der Waals surface area (Å²) in [6.07, 6.45) is 3.05. The molecule has 1 unspecified atom stereocenters. The maximum atomic E-state index is 12.0. The smallest absolute Gasteiger partial charge is 0.410 e. The number of ether oxygens (including phenoxy) is 1. The summed E-state index contributed by atoms with van der Waals surface area (Å²) in [5, 5.41) is 11.2. The van der Waals surface area contributed by atoms with E-state index in [2.05, 4.69) is 0 Å². The van der Waals surface area contributed by atoms with Crippen molar-refractivity contribution in [2.75, 3.05) is 19.6 Å². The highest BCUT2D eigenvalue weighted by Crippen LogP contribution is 2.15. The van der Waals surface area contributed by atoms with Crippen LogP contribution in [0.3, 0.4) is 0 Å². The number of carbonyl (C=O) groups is 2. The SMILES string of the molecule is CC(C)(C)OC(=O)N1CCC([NH+]2CCC[C@@H]2C(=O)[O-])CC1. The van der Waals surface area contributed by atoms with Gasteiger partial charge in [-0.2, -0.15) is 0 Å². The molecule has 0 saturated carbocycles. The zero-order chi connectivity index (χ0) is 15.6. The summed E-state index contributed by atoms with van der Waals surface area (Å²) in [6, 6.07) is -0.0582. The van der Waals surface area contributed by atoms with Crippen molar-refractivity contribution in [1.29, 1.82) is 0 Å². The molecule has 2 atom stereocenters. The third kappa shape index (κ3) is 4.09. The van der Waals surface area contributed by atoms with E-state index in [1.165, 1.54) is 0 Å². The molecule has 21 heavy (non-hydrogen) atoms. The van der Waals surface area contributed by atoms with Crippen LogP contribution in [-0.2, 0) is 9.53 Å². The molecule has 2 heterocycles. The number of rotatable bonds is 2. The molecule has 120 valence electrons. The lowest BCUT2D eigenvalue weighted by molar-refractivity contribution is -0.932. The van der Waals surface area contributed by atoms with Crippen LogP contribution in [-0.4, -0.2) is 54.3 Å². The largest absolute Gasteiger partial charge is 0.544 e. The summed E-state index contributed by atoms with van der Waals surface area (Å²) in [5.41, 5.74) is -0.478. The third-order valence-electron chi connectivity index (χ3n) is 4.36. The Morgan fingerprint density at radius 2 is 1.81 bits per heavy atom. The number of amides is 1. The van der Waals surface area contributed by atoms with Gasteiger partial charge in [0.2, 0.25) is 0 Å². The number of carboxylic acid groups (broad SMARTS) is 1. The van der Waals surface area contributed by atoms with Gasteiger partial charge in [-0.15, -0.1) is 0 Å². The van der Waals surface area contributed by atoms with Crippen LogP contribution in [0.25, 0.3) is 0 Å². The van der Waals surface area contributed by atoms with Gasteiger partial charge in [0.15, 0.2) is 0 Å². The van der Waals surface area contributed by atoms with Gasteiger partial charge in [0.25, 0.3) is 0 Å². The summed E-state index contributed by atoms with van der Waals surface area (Å²) in [5.74, 6) is -0.933. The molecule has 1 N–H and O–H groups in total. The first-order chi connectivity index (χ1) is 9.78. The number of hydrogen-bond donors (Lipinski definition) is 1. The van der Waals surface area contributed by atoms with Crippen molar-refractivity contribution in [3.05, 3.63) is 0 Å². The maximum absolute atomic E-state index is 12.0. The number of nitrogens with one attached hydrogen (secondary N) is 1. The van der Waals surface area contributed by atoms with E-state index in [0.29, 0.717) is 25.6 Å². The highest BCUT2D eigenvalue weighted by Gasteiger charge is 2.38. The third-order valence-corrected chi connectivity index (χ3v) is 4.36. The normalized spacial score (nSPS) is 27.7. The van der Waals surface area contributed by atoms with Crippen LogP contribution < -0.4 is 10.0 Å². The molecule has 0 aromatic heterocycles. The number of quaternary nitrogens is 1. The topological polar surface area (TPSA) is 74.1 Å². The molecular formula is C15H26N2O4. The Labute approximate surface area is 126 Å². The average molecular weight is 298 g/mol. The Morgan fingerprint density at radius 3 is 2.33 bits per heavy atom. The van der Waals surface area contributed by atoms with Crippen LogP contribution >= 0.6 is 0 Å². The lowest BCUT2D eigenvalue weighted by atomic mass is 10.0. The number of carbonyl (C=O) groups excluding carboxylic acids is 2. The zero-order valence-electron chi connectivity index (χ0n) is 13.2. The average Bonchev–Trinajstić information content (AvgIpc) is 2.86. The number of nitrogens with zero attached hydrogens (tertiary/aromatic N) is 1. The summed E-state index contributed by atoms with van der Waals surface area (Å²) < 4.78 is 5.37. The van der Waals surface area contributed by atoms with Crippen LogP contribution in [0.2, 0.25) is 0 Å². The van der Waals surface area contributed by atoms with Gasteiger partial charge in [0.1, 0.15) is 11.6 Å². The monoisotopic (exact) mass is 298 g/mol. The number of aliphatic carboxylic acids is 1. The standard InChI is InChI=1S/C15H26N2O4/c1-15(2,3)21-14(20)16-9-6-11(7-10-16)17-8-4-5-12(17)13(18)19/h11-12H,4-10H2,1-3H3,(H,18,19)/t12-/m1/s1. The minimum atomic E-state index is -0.933. The Morgan fingerprint density at radius 1 is 1.19 bits per heavy atom. The van der Waals surface area contributed by atoms with Crippen LogP contribution in [0.4, 0.5) is 4.79 Å². The van der Waals surface area contributed by atoms with Crippen LogP contribution in [0, 0.1) is 0 Å². The van der Waals surface area contributed by atoms with E-state index in [-0.39, 0.29) is 12.1 Å². The molecule has 6 nitrogen and oxygen atoms in total. The van der Waals surface area contributed by atoms with Crippen molar-refractivity contribution in [3.63, 3.8) is 0 Å².